The van der Waals surface area contributed by atoms with Crippen molar-refractivity contribution < 1.29 is 9.53 Å². The number of ether oxygens (including phenoxy) is 1. The maximum atomic E-state index is 11.9. The predicted octanol–water partition coefficient (Wildman–Crippen LogP) is 2.09. The van der Waals surface area contributed by atoms with E-state index in [0.29, 0.717) is 0 Å². The van der Waals surface area contributed by atoms with Crippen LogP contribution >= 0.6 is 15.9 Å². The quantitative estimate of drug-likeness (QED) is 0.782. The Morgan fingerprint density at radius 3 is 3.00 bits per heavy atom. The Morgan fingerprint density at radius 2 is 2.40 bits per heavy atom. The molecule has 1 saturated heterocycles. The third kappa shape index (κ3) is 3.76. The van der Waals surface area contributed by atoms with Crippen LogP contribution in [0.25, 0.3) is 0 Å². The Morgan fingerprint density at radius 1 is 1.67 bits per heavy atom. The van der Waals surface area contributed by atoms with Gasteiger partial charge in [-0.25, -0.2) is 0 Å². The fraction of sp³-hybridized carbons (Fsp3) is 0.909. The van der Waals surface area contributed by atoms with Crippen LogP contribution in [0.2, 0.25) is 0 Å². The first-order chi connectivity index (χ1) is 7.19. The van der Waals surface area contributed by atoms with E-state index in [1.165, 1.54) is 0 Å². The van der Waals surface area contributed by atoms with Crippen molar-refractivity contribution in [1.82, 2.24) is 5.32 Å². The molecule has 0 radical (unpaired) electrons. The lowest BCUT2D eigenvalue weighted by molar-refractivity contribution is -0.127. The Labute approximate surface area is 100 Å². The molecule has 1 heterocycles. The highest BCUT2D eigenvalue weighted by Crippen LogP contribution is 2.23. The van der Waals surface area contributed by atoms with Gasteiger partial charge in [0.15, 0.2) is 0 Å². The average Bonchev–Trinajstić information content (AvgIpc) is 2.65. The average molecular weight is 278 g/mol. The molecule has 0 spiro atoms. The van der Waals surface area contributed by atoms with Crippen LogP contribution in [0.15, 0.2) is 0 Å². The highest BCUT2D eigenvalue weighted by Gasteiger charge is 2.32. The Bertz CT molecular complexity index is 211. The molecule has 0 aromatic rings. The number of hydrogen-bond donors (Lipinski definition) is 1. The summed E-state index contributed by atoms with van der Waals surface area (Å²) in [5.74, 6) is 0.223. The van der Waals surface area contributed by atoms with Crippen LogP contribution in [0.4, 0.5) is 0 Å². The van der Waals surface area contributed by atoms with Crippen molar-refractivity contribution in [3.63, 3.8) is 0 Å². The summed E-state index contributed by atoms with van der Waals surface area (Å²) in [6.45, 7) is 4.83. The first kappa shape index (κ1) is 13.0. The zero-order chi connectivity index (χ0) is 11.3. The zero-order valence-electron chi connectivity index (χ0n) is 9.46. The maximum Gasteiger partial charge on any atom is 0.226 e. The molecule has 15 heavy (non-hydrogen) atoms. The molecule has 0 aromatic heterocycles. The molecule has 0 bridgehead atoms. The molecule has 1 aliphatic heterocycles. The van der Waals surface area contributed by atoms with Gasteiger partial charge in [-0.15, -0.1) is 0 Å². The highest BCUT2D eigenvalue weighted by molar-refractivity contribution is 9.09. The van der Waals surface area contributed by atoms with Crippen molar-refractivity contribution in [2.24, 2.45) is 5.92 Å². The molecule has 3 nitrogen and oxygen atoms in total. The van der Waals surface area contributed by atoms with E-state index in [1.807, 2.05) is 6.92 Å². The van der Waals surface area contributed by atoms with Gasteiger partial charge in [0.05, 0.1) is 12.0 Å². The molecule has 88 valence electrons. The van der Waals surface area contributed by atoms with E-state index in [2.05, 4.69) is 28.2 Å². The van der Waals surface area contributed by atoms with Crippen molar-refractivity contribution in [2.75, 3.05) is 11.9 Å². The second-order valence-corrected chi connectivity index (χ2v) is 4.89. The standard InChI is InChI=1S/C11H20BrNO2/c1-3-10-9(5-7-15-10)11(14)13-8(2)4-6-12/h8-10H,3-7H2,1-2H3,(H,13,14). The monoisotopic (exact) mass is 277 g/mol. The maximum absolute atomic E-state index is 11.9. The lowest BCUT2D eigenvalue weighted by atomic mass is 9.98. The number of carbonyl (C=O) groups is 1. The van der Waals surface area contributed by atoms with Gasteiger partial charge in [0.25, 0.3) is 0 Å². The molecule has 0 saturated carbocycles. The van der Waals surface area contributed by atoms with E-state index in [9.17, 15) is 4.79 Å². The minimum absolute atomic E-state index is 0.0628. The summed E-state index contributed by atoms with van der Waals surface area (Å²) < 4.78 is 5.51. The van der Waals surface area contributed by atoms with E-state index in [0.717, 1.165) is 31.2 Å². The van der Waals surface area contributed by atoms with Crippen molar-refractivity contribution >= 4 is 21.8 Å². The molecule has 0 aliphatic carbocycles. The highest BCUT2D eigenvalue weighted by atomic mass is 79.9. The molecular weight excluding hydrogens is 258 g/mol. The Hall–Kier alpha value is -0.0900. The molecule has 1 amide bonds. The summed E-state index contributed by atoms with van der Waals surface area (Å²) in [5, 5.41) is 3.96. The van der Waals surface area contributed by atoms with Crippen LogP contribution < -0.4 is 5.32 Å². The lowest BCUT2D eigenvalue weighted by Crippen LogP contribution is -2.40. The van der Waals surface area contributed by atoms with Crippen molar-refractivity contribution in [3.05, 3.63) is 0 Å². The fourth-order valence-electron chi connectivity index (χ4n) is 1.94. The number of halogens is 1. The number of carbonyl (C=O) groups excluding carboxylic acids is 1. The Balaban J connectivity index is 2.38. The van der Waals surface area contributed by atoms with E-state index in [4.69, 9.17) is 4.74 Å². The smallest absolute Gasteiger partial charge is 0.226 e. The second-order valence-electron chi connectivity index (χ2n) is 4.10. The largest absolute Gasteiger partial charge is 0.377 e. The molecule has 1 aliphatic rings. The molecule has 4 heteroatoms. The lowest BCUT2D eigenvalue weighted by Gasteiger charge is -2.19. The van der Waals surface area contributed by atoms with Crippen molar-refractivity contribution in [2.45, 2.75) is 45.3 Å². The number of alkyl halides is 1. The number of rotatable bonds is 5. The first-order valence-electron chi connectivity index (χ1n) is 5.67. The topological polar surface area (TPSA) is 38.3 Å². The first-order valence-corrected chi connectivity index (χ1v) is 6.79. The van der Waals surface area contributed by atoms with E-state index >= 15 is 0 Å². The van der Waals surface area contributed by atoms with Gasteiger partial charge >= 0.3 is 0 Å². The molecule has 3 unspecified atom stereocenters. The van der Waals surface area contributed by atoms with Crippen molar-refractivity contribution in [1.29, 1.82) is 0 Å². The van der Waals surface area contributed by atoms with Crippen LogP contribution in [0.3, 0.4) is 0 Å². The van der Waals surface area contributed by atoms with Crippen molar-refractivity contribution in [3.8, 4) is 0 Å². The van der Waals surface area contributed by atoms with Gasteiger partial charge in [-0.05, 0) is 26.2 Å². The van der Waals surface area contributed by atoms with Gasteiger partial charge in [-0.1, -0.05) is 22.9 Å². The van der Waals surface area contributed by atoms with Crippen LogP contribution in [-0.2, 0) is 9.53 Å². The third-order valence-corrected chi connectivity index (χ3v) is 3.34. The molecule has 1 fully saturated rings. The van der Waals surface area contributed by atoms with Gasteiger partial charge in [0, 0.05) is 18.0 Å². The summed E-state index contributed by atoms with van der Waals surface area (Å²) in [5.41, 5.74) is 0. The number of amides is 1. The van der Waals surface area contributed by atoms with Crippen LogP contribution in [0.1, 0.15) is 33.1 Å². The number of nitrogens with one attached hydrogen (secondary N) is 1. The number of hydrogen-bond acceptors (Lipinski definition) is 2. The fourth-order valence-corrected chi connectivity index (χ4v) is 2.62. The van der Waals surface area contributed by atoms with Gasteiger partial charge in [-0.2, -0.15) is 0 Å². The summed E-state index contributed by atoms with van der Waals surface area (Å²) in [4.78, 5) is 11.9. The minimum atomic E-state index is 0.0628. The normalized spacial score (nSPS) is 27.7. The minimum Gasteiger partial charge on any atom is -0.377 e. The predicted molar refractivity (Wildman–Crippen MR) is 64.2 cm³/mol. The summed E-state index contributed by atoms with van der Waals surface area (Å²) >= 11 is 3.37. The molecule has 1 N–H and O–H groups in total. The molecule has 0 aromatic carbocycles. The van der Waals surface area contributed by atoms with Crippen LogP contribution in [0.5, 0.6) is 0 Å². The second kappa shape index (κ2) is 6.48. The van der Waals surface area contributed by atoms with E-state index < -0.39 is 0 Å². The summed E-state index contributed by atoms with van der Waals surface area (Å²) in [7, 11) is 0. The summed E-state index contributed by atoms with van der Waals surface area (Å²) in [6.07, 6.45) is 2.88. The zero-order valence-corrected chi connectivity index (χ0v) is 11.0. The SMILES string of the molecule is CCC1OCCC1C(=O)NC(C)CCBr. The molecule has 1 rings (SSSR count). The van der Waals surface area contributed by atoms with Gasteiger partial charge in [0.2, 0.25) is 5.91 Å². The third-order valence-electron chi connectivity index (χ3n) is 2.88. The Kier molecular flexibility index (Phi) is 5.61. The molecule has 3 atom stereocenters. The van der Waals surface area contributed by atoms with Gasteiger partial charge < -0.3 is 10.1 Å². The molecular formula is C11H20BrNO2. The van der Waals surface area contributed by atoms with Gasteiger partial charge in [-0.3, -0.25) is 4.79 Å². The van der Waals surface area contributed by atoms with Gasteiger partial charge in [0.1, 0.15) is 0 Å². The van der Waals surface area contributed by atoms with Crippen LogP contribution in [-0.4, -0.2) is 30.0 Å². The van der Waals surface area contributed by atoms with E-state index in [-0.39, 0.29) is 24.0 Å². The van der Waals surface area contributed by atoms with Crippen LogP contribution in [0, 0.1) is 5.92 Å². The summed E-state index contributed by atoms with van der Waals surface area (Å²) in [6, 6.07) is 0.245. The van der Waals surface area contributed by atoms with E-state index in [1.54, 1.807) is 0 Å².